The van der Waals surface area contributed by atoms with Crippen molar-refractivity contribution in [3.05, 3.63) is 86.6 Å². The standard InChI is InChI=1S/C23H21N3O5/c1-5-9-15(7-3)21-24-22(16(8-4)10-6-2)26-23(25-21)20-18(28)11-17(12-19(20)29)31-14-30-13-27/h5-13,28-29H,1-4,14H2/b15-9+,16-10+. The van der Waals surface area contributed by atoms with Crippen LogP contribution in [0.15, 0.2) is 74.9 Å². The molecule has 0 amide bonds. The first-order valence-corrected chi connectivity index (χ1v) is 8.90. The smallest absolute Gasteiger partial charge is 0.295 e. The number of ether oxygens (including phenoxy) is 2. The summed E-state index contributed by atoms with van der Waals surface area (Å²) in [5, 5.41) is 21.0. The highest BCUT2D eigenvalue weighted by atomic mass is 16.7. The normalized spacial score (nSPS) is 11.4. The Morgan fingerprint density at radius 3 is 1.84 bits per heavy atom. The number of phenols is 2. The number of phenolic OH excluding ortho intramolecular Hbond substituents is 2. The zero-order valence-corrected chi connectivity index (χ0v) is 16.7. The van der Waals surface area contributed by atoms with Gasteiger partial charge in [0.2, 0.25) is 6.79 Å². The van der Waals surface area contributed by atoms with E-state index in [1.165, 1.54) is 12.1 Å². The number of allylic oxidation sites excluding steroid dienone is 8. The number of aromatic hydroxyl groups is 2. The Labute approximate surface area is 179 Å². The van der Waals surface area contributed by atoms with Crippen LogP contribution in [0.5, 0.6) is 17.2 Å². The molecule has 0 aliphatic heterocycles. The molecule has 31 heavy (non-hydrogen) atoms. The van der Waals surface area contributed by atoms with Gasteiger partial charge in [-0.2, -0.15) is 0 Å². The third-order valence-electron chi connectivity index (χ3n) is 3.84. The zero-order chi connectivity index (χ0) is 22.8. The van der Waals surface area contributed by atoms with Crippen LogP contribution in [0.25, 0.3) is 22.5 Å². The van der Waals surface area contributed by atoms with Crippen molar-refractivity contribution in [1.82, 2.24) is 15.0 Å². The second kappa shape index (κ2) is 10.9. The van der Waals surface area contributed by atoms with Crippen molar-refractivity contribution in [2.24, 2.45) is 0 Å². The first kappa shape index (κ1) is 22.8. The SMILES string of the molecule is C=C/C=C(\C=C)c1nc(/C(C=C)=C/C=C)nc(-c2c(O)cc(OCOC=O)cc2O)n1. The van der Waals surface area contributed by atoms with Crippen LogP contribution < -0.4 is 4.74 Å². The van der Waals surface area contributed by atoms with E-state index in [0.29, 0.717) is 11.1 Å². The van der Waals surface area contributed by atoms with Gasteiger partial charge in [0.05, 0.1) is 0 Å². The second-order valence-electron chi connectivity index (χ2n) is 5.79. The van der Waals surface area contributed by atoms with E-state index < -0.39 is 0 Å². The summed E-state index contributed by atoms with van der Waals surface area (Å²) >= 11 is 0. The molecule has 0 aliphatic rings. The van der Waals surface area contributed by atoms with Gasteiger partial charge in [-0.25, -0.2) is 15.0 Å². The van der Waals surface area contributed by atoms with Gasteiger partial charge in [0.1, 0.15) is 22.8 Å². The van der Waals surface area contributed by atoms with Crippen molar-refractivity contribution >= 4 is 17.6 Å². The summed E-state index contributed by atoms with van der Waals surface area (Å²) in [4.78, 5) is 23.4. The first-order valence-electron chi connectivity index (χ1n) is 8.90. The van der Waals surface area contributed by atoms with Crippen LogP contribution in [0.2, 0.25) is 0 Å². The quantitative estimate of drug-likeness (QED) is 0.243. The number of carbonyl (C=O) groups is 1. The van der Waals surface area contributed by atoms with Gasteiger partial charge < -0.3 is 19.7 Å². The van der Waals surface area contributed by atoms with Crippen molar-refractivity contribution in [3.63, 3.8) is 0 Å². The number of nitrogens with zero attached hydrogens (tertiary/aromatic N) is 3. The second-order valence-corrected chi connectivity index (χ2v) is 5.79. The highest BCUT2D eigenvalue weighted by molar-refractivity contribution is 5.78. The summed E-state index contributed by atoms with van der Waals surface area (Å²) in [5.74, 6) is -0.156. The summed E-state index contributed by atoms with van der Waals surface area (Å²) in [6.07, 6.45) is 9.50. The fourth-order valence-electron chi connectivity index (χ4n) is 2.50. The Morgan fingerprint density at radius 1 is 0.903 bits per heavy atom. The van der Waals surface area contributed by atoms with Gasteiger partial charge in [-0.3, -0.25) is 4.79 Å². The predicted molar refractivity (Wildman–Crippen MR) is 118 cm³/mol. The van der Waals surface area contributed by atoms with Gasteiger partial charge in [0, 0.05) is 23.3 Å². The van der Waals surface area contributed by atoms with Gasteiger partial charge in [-0.05, 0) is 0 Å². The molecular formula is C23H21N3O5. The lowest BCUT2D eigenvalue weighted by Crippen LogP contribution is -2.05. The molecule has 8 heteroatoms. The minimum absolute atomic E-state index is 0.000633. The fraction of sp³-hybridized carbons (Fsp3) is 0.0435. The Balaban J connectivity index is 2.71. The van der Waals surface area contributed by atoms with Gasteiger partial charge in [0.25, 0.3) is 6.47 Å². The molecule has 0 bridgehead atoms. The molecule has 0 radical (unpaired) electrons. The van der Waals surface area contributed by atoms with E-state index in [4.69, 9.17) is 4.74 Å². The molecule has 0 aliphatic carbocycles. The number of rotatable bonds is 11. The minimum atomic E-state index is -0.383. The van der Waals surface area contributed by atoms with Gasteiger partial charge in [-0.1, -0.05) is 62.8 Å². The van der Waals surface area contributed by atoms with Crippen LogP contribution in [0, 0.1) is 0 Å². The molecule has 2 N–H and O–H groups in total. The minimum Gasteiger partial charge on any atom is -0.507 e. The first-order chi connectivity index (χ1) is 15.0. The Morgan fingerprint density at radius 2 is 1.42 bits per heavy atom. The molecule has 8 nitrogen and oxygen atoms in total. The number of carbonyl (C=O) groups excluding carboxylic acids is 1. The highest BCUT2D eigenvalue weighted by Crippen LogP contribution is 2.39. The van der Waals surface area contributed by atoms with E-state index >= 15 is 0 Å². The summed E-state index contributed by atoms with van der Waals surface area (Å²) in [7, 11) is 0. The van der Waals surface area contributed by atoms with Crippen LogP contribution in [-0.4, -0.2) is 38.4 Å². The number of hydrogen-bond donors (Lipinski definition) is 2. The van der Waals surface area contributed by atoms with E-state index in [-0.39, 0.29) is 53.6 Å². The van der Waals surface area contributed by atoms with Crippen molar-refractivity contribution < 1.29 is 24.5 Å². The lowest BCUT2D eigenvalue weighted by molar-refractivity contribution is -0.134. The van der Waals surface area contributed by atoms with E-state index in [0.717, 1.165) is 0 Å². The molecule has 0 fully saturated rings. The maximum atomic E-state index is 10.5. The summed E-state index contributed by atoms with van der Waals surface area (Å²) in [6, 6.07) is 2.46. The lowest BCUT2D eigenvalue weighted by Gasteiger charge is -2.12. The van der Waals surface area contributed by atoms with Crippen molar-refractivity contribution in [3.8, 4) is 28.6 Å². The van der Waals surface area contributed by atoms with Crippen LogP contribution >= 0.6 is 0 Å². The molecule has 1 heterocycles. The highest BCUT2D eigenvalue weighted by Gasteiger charge is 2.19. The Bertz CT molecular complexity index is 1020. The molecule has 1 aromatic carbocycles. The molecule has 0 unspecified atom stereocenters. The molecule has 2 rings (SSSR count). The molecule has 0 spiro atoms. The zero-order valence-electron chi connectivity index (χ0n) is 16.7. The van der Waals surface area contributed by atoms with Crippen molar-refractivity contribution in [2.45, 2.75) is 0 Å². The van der Waals surface area contributed by atoms with Crippen molar-refractivity contribution in [1.29, 1.82) is 0 Å². The number of benzene rings is 1. The average molecular weight is 419 g/mol. The Kier molecular flexibility index (Phi) is 8.04. The van der Waals surface area contributed by atoms with E-state index in [2.05, 4.69) is 46.0 Å². The summed E-state index contributed by atoms with van der Waals surface area (Å²) in [6.45, 7) is 14.7. The van der Waals surface area contributed by atoms with Gasteiger partial charge in [-0.15, -0.1) is 0 Å². The fourth-order valence-corrected chi connectivity index (χ4v) is 2.50. The summed E-state index contributed by atoms with van der Waals surface area (Å²) < 4.78 is 9.57. The maximum Gasteiger partial charge on any atom is 0.295 e. The molecular weight excluding hydrogens is 398 g/mol. The largest absolute Gasteiger partial charge is 0.507 e. The average Bonchev–Trinajstić information content (AvgIpc) is 2.75. The number of aromatic nitrogens is 3. The predicted octanol–water partition coefficient (Wildman–Crippen LogP) is 3.97. The third kappa shape index (κ3) is 5.54. The Hall–Kier alpha value is -4.46. The molecule has 2 aromatic rings. The molecule has 0 saturated heterocycles. The summed E-state index contributed by atoms with van der Waals surface area (Å²) in [5.41, 5.74) is 1.05. The van der Waals surface area contributed by atoms with Crippen LogP contribution in [-0.2, 0) is 9.53 Å². The third-order valence-corrected chi connectivity index (χ3v) is 3.84. The monoisotopic (exact) mass is 419 g/mol. The van der Waals surface area contributed by atoms with Crippen molar-refractivity contribution in [2.75, 3.05) is 6.79 Å². The van der Waals surface area contributed by atoms with Gasteiger partial charge in [0.15, 0.2) is 17.5 Å². The van der Waals surface area contributed by atoms with E-state index in [9.17, 15) is 15.0 Å². The molecule has 0 saturated carbocycles. The maximum absolute atomic E-state index is 10.5. The lowest BCUT2D eigenvalue weighted by atomic mass is 10.1. The topological polar surface area (TPSA) is 115 Å². The van der Waals surface area contributed by atoms with Crippen LogP contribution in [0.3, 0.4) is 0 Å². The molecule has 158 valence electrons. The number of hydrogen-bond acceptors (Lipinski definition) is 8. The van der Waals surface area contributed by atoms with Crippen LogP contribution in [0.1, 0.15) is 11.6 Å². The molecule has 0 atom stereocenters. The molecule has 1 aromatic heterocycles. The van der Waals surface area contributed by atoms with Gasteiger partial charge >= 0.3 is 0 Å². The van der Waals surface area contributed by atoms with E-state index in [1.54, 1.807) is 36.5 Å². The van der Waals surface area contributed by atoms with E-state index in [1.807, 2.05) is 0 Å². The van der Waals surface area contributed by atoms with Crippen LogP contribution in [0.4, 0.5) is 0 Å².